The van der Waals surface area contributed by atoms with Gasteiger partial charge in [-0.3, -0.25) is 4.90 Å². The van der Waals surface area contributed by atoms with E-state index in [0.29, 0.717) is 13.2 Å². The second-order valence-corrected chi connectivity index (χ2v) is 4.27. The van der Waals surface area contributed by atoms with E-state index in [9.17, 15) is 4.79 Å². The number of carboxylic acid groups (broad SMARTS) is 1. The quantitative estimate of drug-likeness (QED) is 0.859. The lowest BCUT2D eigenvalue weighted by Crippen LogP contribution is -2.36. The van der Waals surface area contributed by atoms with Crippen LogP contribution in [0.15, 0.2) is 30.3 Å². The Morgan fingerprint density at radius 3 is 2.88 bits per heavy atom. The van der Waals surface area contributed by atoms with Crippen LogP contribution >= 0.6 is 0 Å². The number of carboxylic acids is 1. The lowest BCUT2D eigenvalue weighted by atomic mass is 10.2. The van der Waals surface area contributed by atoms with Crippen LogP contribution in [-0.4, -0.2) is 41.8 Å². The molecule has 2 rings (SSSR count). The first kappa shape index (κ1) is 12.1. The largest absolute Gasteiger partial charge is 0.479 e. The van der Waals surface area contributed by atoms with Crippen molar-refractivity contribution in [3.8, 4) is 0 Å². The summed E-state index contributed by atoms with van der Waals surface area (Å²) in [6.45, 7) is 2.67. The van der Waals surface area contributed by atoms with Gasteiger partial charge in [0.25, 0.3) is 0 Å². The molecule has 0 bridgehead atoms. The van der Waals surface area contributed by atoms with Crippen molar-refractivity contribution < 1.29 is 14.6 Å². The summed E-state index contributed by atoms with van der Waals surface area (Å²) >= 11 is 0. The van der Waals surface area contributed by atoms with Crippen molar-refractivity contribution in [3.63, 3.8) is 0 Å². The summed E-state index contributed by atoms with van der Waals surface area (Å²) in [7, 11) is 0. The Morgan fingerprint density at radius 1 is 1.41 bits per heavy atom. The average Bonchev–Trinajstić information content (AvgIpc) is 2.56. The zero-order valence-electron chi connectivity index (χ0n) is 9.71. The Hall–Kier alpha value is -1.39. The summed E-state index contributed by atoms with van der Waals surface area (Å²) in [5, 5.41) is 9.00. The highest BCUT2D eigenvalue weighted by Gasteiger charge is 2.24. The molecule has 0 amide bonds. The van der Waals surface area contributed by atoms with Crippen LogP contribution in [-0.2, 0) is 16.1 Å². The minimum Gasteiger partial charge on any atom is -0.479 e. The van der Waals surface area contributed by atoms with E-state index in [1.807, 2.05) is 18.2 Å². The van der Waals surface area contributed by atoms with Crippen molar-refractivity contribution in [2.75, 3.05) is 19.7 Å². The highest BCUT2D eigenvalue weighted by Crippen LogP contribution is 2.10. The average molecular weight is 235 g/mol. The van der Waals surface area contributed by atoms with Gasteiger partial charge >= 0.3 is 5.97 Å². The number of aliphatic carboxylic acids is 1. The fraction of sp³-hybridized carbons (Fsp3) is 0.462. The fourth-order valence-electron chi connectivity index (χ4n) is 2.03. The van der Waals surface area contributed by atoms with E-state index in [1.165, 1.54) is 5.56 Å². The Balaban J connectivity index is 1.97. The molecule has 0 spiro atoms. The zero-order chi connectivity index (χ0) is 12.1. The summed E-state index contributed by atoms with van der Waals surface area (Å²) in [6.07, 6.45) is 0.192. The maximum absolute atomic E-state index is 11.0. The third kappa shape index (κ3) is 3.54. The van der Waals surface area contributed by atoms with Gasteiger partial charge in [0.05, 0.1) is 0 Å². The monoisotopic (exact) mass is 235 g/mol. The molecule has 4 nitrogen and oxygen atoms in total. The number of hydrogen-bond donors (Lipinski definition) is 1. The van der Waals surface area contributed by atoms with Gasteiger partial charge in [-0.1, -0.05) is 30.3 Å². The Bertz CT molecular complexity index is 366. The molecule has 1 saturated heterocycles. The van der Waals surface area contributed by atoms with Crippen LogP contribution in [0.4, 0.5) is 0 Å². The zero-order valence-corrected chi connectivity index (χ0v) is 9.71. The molecule has 1 atom stereocenters. The van der Waals surface area contributed by atoms with Crippen molar-refractivity contribution in [3.05, 3.63) is 35.9 Å². The molecule has 1 aromatic rings. The van der Waals surface area contributed by atoms with E-state index in [4.69, 9.17) is 9.84 Å². The number of hydrogen-bond acceptors (Lipinski definition) is 3. The summed E-state index contributed by atoms with van der Waals surface area (Å²) in [6, 6.07) is 10.1. The summed E-state index contributed by atoms with van der Waals surface area (Å²) in [5.74, 6) is -0.870. The van der Waals surface area contributed by atoms with Gasteiger partial charge in [-0.15, -0.1) is 0 Å². The lowest BCUT2D eigenvalue weighted by molar-refractivity contribution is -0.150. The van der Waals surface area contributed by atoms with E-state index in [2.05, 4.69) is 17.0 Å². The van der Waals surface area contributed by atoms with Gasteiger partial charge in [-0.2, -0.15) is 0 Å². The van der Waals surface area contributed by atoms with Crippen LogP contribution in [0, 0.1) is 0 Å². The van der Waals surface area contributed by atoms with Gasteiger partial charge < -0.3 is 9.84 Å². The van der Waals surface area contributed by atoms with Gasteiger partial charge in [0.1, 0.15) is 0 Å². The van der Waals surface area contributed by atoms with E-state index < -0.39 is 12.1 Å². The molecule has 92 valence electrons. The van der Waals surface area contributed by atoms with Crippen LogP contribution in [0.25, 0.3) is 0 Å². The molecular formula is C13H17NO3. The molecule has 0 aromatic heterocycles. The fourth-order valence-corrected chi connectivity index (χ4v) is 2.03. The van der Waals surface area contributed by atoms with Gasteiger partial charge in [0.15, 0.2) is 6.10 Å². The third-order valence-electron chi connectivity index (χ3n) is 2.89. The molecule has 1 heterocycles. The van der Waals surface area contributed by atoms with Crippen molar-refractivity contribution in [2.45, 2.75) is 19.1 Å². The SMILES string of the molecule is O=C(O)[C@H]1CN(Cc2ccccc2)CCCO1. The highest BCUT2D eigenvalue weighted by atomic mass is 16.5. The molecule has 0 unspecified atom stereocenters. The van der Waals surface area contributed by atoms with Crippen LogP contribution in [0.3, 0.4) is 0 Å². The molecule has 1 aliphatic rings. The second-order valence-electron chi connectivity index (χ2n) is 4.27. The summed E-state index contributed by atoms with van der Waals surface area (Å²) in [4.78, 5) is 13.1. The number of rotatable bonds is 3. The molecule has 1 aromatic carbocycles. The topological polar surface area (TPSA) is 49.8 Å². The minimum absolute atomic E-state index is 0.463. The van der Waals surface area contributed by atoms with E-state index >= 15 is 0 Å². The van der Waals surface area contributed by atoms with Crippen molar-refractivity contribution in [1.82, 2.24) is 4.90 Å². The van der Waals surface area contributed by atoms with Crippen molar-refractivity contribution in [1.29, 1.82) is 0 Å². The van der Waals surface area contributed by atoms with Gasteiger partial charge in [-0.05, 0) is 12.0 Å². The smallest absolute Gasteiger partial charge is 0.334 e. The normalized spacial score (nSPS) is 22.0. The highest BCUT2D eigenvalue weighted by molar-refractivity contribution is 5.72. The number of nitrogens with zero attached hydrogens (tertiary/aromatic N) is 1. The predicted octanol–water partition coefficient (Wildman–Crippen LogP) is 1.36. The molecule has 0 radical (unpaired) electrons. The summed E-state index contributed by atoms with van der Waals surface area (Å²) in [5.41, 5.74) is 1.21. The van der Waals surface area contributed by atoms with Gasteiger partial charge in [0.2, 0.25) is 0 Å². The minimum atomic E-state index is -0.870. The standard InChI is InChI=1S/C13H17NO3/c15-13(16)12-10-14(7-4-8-17-12)9-11-5-2-1-3-6-11/h1-3,5-6,12H,4,7-10H2,(H,15,16)/t12-/m1/s1. The molecule has 1 N–H and O–H groups in total. The molecule has 4 heteroatoms. The molecule has 1 fully saturated rings. The molecule has 0 aliphatic carbocycles. The second kappa shape index (κ2) is 5.80. The Morgan fingerprint density at radius 2 is 2.18 bits per heavy atom. The molecule has 17 heavy (non-hydrogen) atoms. The Labute approximate surface area is 101 Å². The summed E-state index contributed by atoms with van der Waals surface area (Å²) < 4.78 is 5.29. The number of benzene rings is 1. The first-order valence-electron chi connectivity index (χ1n) is 5.86. The predicted molar refractivity (Wildman–Crippen MR) is 63.7 cm³/mol. The number of ether oxygens (including phenoxy) is 1. The van der Waals surface area contributed by atoms with E-state index in [1.54, 1.807) is 0 Å². The molecule has 0 saturated carbocycles. The van der Waals surface area contributed by atoms with E-state index in [0.717, 1.165) is 19.5 Å². The third-order valence-corrected chi connectivity index (χ3v) is 2.89. The van der Waals surface area contributed by atoms with E-state index in [-0.39, 0.29) is 0 Å². The van der Waals surface area contributed by atoms with Crippen molar-refractivity contribution in [2.24, 2.45) is 0 Å². The number of carbonyl (C=O) groups is 1. The maximum atomic E-state index is 11.0. The van der Waals surface area contributed by atoms with Crippen LogP contribution in [0.5, 0.6) is 0 Å². The first-order valence-corrected chi connectivity index (χ1v) is 5.86. The molecule has 1 aliphatic heterocycles. The van der Waals surface area contributed by atoms with Gasteiger partial charge in [0, 0.05) is 26.2 Å². The Kier molecular flexibility index (Phi) is 4.12. The van der Waals surface area contributed by atoms with Crippen LogP contribution in [0.2, 0.25) is 0 Å². The lowest BCUT2D eigenvalue weighted by Gasteiger charge is -2.21. The first-order chi connectivity index (χ1) is 8.25. The van der Waals surface area contributed by atoms with Crippen LogP contribution in [0.1, 0.15) is 12.0 Å². The molecular weight excluding hydrogens is 218 g/mol. The van der Waals surface area contributed by atoms with Gasteiger partial charge in [-0.25, -0.2) is 4.79 Å². The van der Waals surface area contributed by atoms with Crippen molar-refractivity contribution >= 4 is 5.97 Å². The van der Waals surface area contributed by atoms with Crippen LogP contribution < -0.4 is 0 Å². The maximum Gasteiger partial charge on any atom is 0.334 e.